The molecular weight excluding hydrogens is 432 g/mol. The molecule has 0 saturated heterocycles. The van der Waals surface area contributed by atoms with Crippen LogP contribution in [0.3, 0.4) is 0 Å². The smallest absolute Gasteiger partial charge is 0.339 e. The number of thioether (sulfide) groups is 1. The average Bonchev–Trinajstić information content (AvgIpc) is 2.76. The van der Waals surface area contributed by atoms with Gasteiger partial charge in [0, 0.05) is 11.3 Å². The summed E-state index contributed by atoms with van der Waals surface area (Å²) < 4.78 is 30.4. The summed E-state index contributed by atoms with van der Waals surface area (Å²) in [5, 5.41) is 3.93. The summed E-state index contributed by atoms with van der Waals surface area (Å²) in [6, 6.07) is 22.8. The first-order valence-corrected chi connectivity index (χ1v) is 12.0. The molecule has 3 aromatic carbocycles. The van der Waals surface area contributed by atoms with Gasteiger partial charge in [-0.05, 0) is 36.8 Å². The van der Waals surface area contributed by atoms with Crippen molar-refractivity contribution in [3.05, 3.63) is 95.6 Å². The maximum Gasteiger partial charge on any atom is 0.339 e. The zero-order valence-electron chi connectivity index (χ0n) is 16.9. The van der Waals surface area contributed by atoms with Crippen LogP contribution in [0.5, 0.6) is 5.75 Å². The molecule has 3 rings (SSSR count). The molecule has 0 aromatic heterocycles. The van der Waals surface area contributed by atoms with E-state index in [1.807, 2.05) is 37.3 Å². The second kappa shape index (κ2) is 10.8. The van der Waals surface area contributed by atoms with E-state index in [1.165, 1.54) is 36.2 Å². The topological polar surface area (TPSA) is 84.8 Å². The van der Waals surface area contributed by atoms with Gasteiger partial charge in [0.2, 0.25) is 5.91 Å². The van der Waals surface area contributed by atoms with Crippen LogP contribution in [0, 0.1) is 6.92 Å². The van der Waals surface area contributed by atoms with E-state index in [0.717, 1.165) is 16.9 Å². The Morgan fingerprint density at radius 3 is 2.42 bits per heavy atom. The Morgan fingerprint density at radius 1 is 1.00 bits per heavy atom. The molecule has 0 radical (unpaired) electrons. The second-order valence-electron chi connectivity index (χ2n) is 6.66. The number of nitrogens with zero attached hydrogens (tertiary/aromatic N) is 1. The Hall–Kier alpha value is -3.10. The van der Waals surface area contributed by atoms with Crippen molar-refractivity contribution in [2.45, 2.75) is 17.6 Å². The molecule has 0 fully saturated rings. The third-order valence-corrected chi connectivity index (χ3v) is 6.42. The number of amides is 1. The minimum atomic E-state index is -3.98. The summed E-state index contributed by atoms with van der Waals surface area (Å²) in [5.41, 5.74) is 4.97. The molecule has 6 nitrogen and oxygen atoms in total. The molecule has 31 heavy (non-hydrogen) atoms. The van der Waals surface area contributed by atoms with Gasteiger partial charge >= 0.3 is 10.1 Å². The first-order valence-electron chi connectivity index (χ1n) is 9.48. The molecule has 8 heteroatoms. The van der Waals surface area contributed by atoms with Gasteiger partial charge in [-0.25, -0.2) is 5.43 Å². The maximum atomic E-state index is 12.5. The van der Waals surface area contributed by atoms with E-state index in [2.05, 4.69) is 10.5 Å². The lowest BCUT2D eigenvalue weighted by molar-refractivity contribution is -0.118. The fourth-order valence-electron chi connectivity index (χ4n) is 2.58. The number of hydrogen-bond acceptors (Lipinski definition) is 6. The second-order valence-corrected chi connectivity index (χ2v) is 9.19. The van der Waals surface area contributed by atoms with Crippen LogP contribution in [-0.2, 0) is 20.7 Å². The third kappa shape index (κ3) is 6.97. The van der Waals surface area contributed by atoms with Gasteiger partial charge in [-0.2, -0.15) is 13.5 Å². The lowest BCUT2D eigenvalue weighted by Crippen LogP contribution is -2.19. The number of hydrazone groups is 1. The Bertz CT molecular complexity index is 1150. The average molecular weight is 455 g/mol. The zero-order chi connectivity index (χ0) is 22.1. The number of hydrogen-bond donors (Lipinski definition) is 1. The molecule has 3 aromatic rings. The van der Waals surface area contributed by atoms with Crippen LogP contribution in [0.2, 0.25) is 0 Å². The highest BCUT2D eigenvalue weighted by Crippen LogP contribution is 2.22. The minimum absolute atomic E-state index is 0.0635. The number of benzene rings is 3. The van der Waals surface area contributed by atoms with Crippen LogP contribution in [0.25, 0.3) is 0 Å². The number of carbonyl (C=O) groups is 1. The fraction of sp³-hybridized carbons (Fsp3) is 0.130. The van der Waals surface area contributed by atoms with Gasteiger partial charge < -0.3 is 4.18 Å². The molecule has 1 N–H and O–H groups in total. The summed E-state index contributed by atoms with van der Waals surface area (Å²) in [6.07, 6.45) is 1.36. The van der Waals surface area contributed by atoms with Gasteiger partial charge in [0.25, 0.3) is 0 Å². The van der Waals surface area contributed by atoms with E-state index in [0.29, 0.717) is 5.56 Å². The SMILES string of the molecule is Cc1ccc(S(=O)(=O)Oc2ccccc2/C=N/NC(=O)CSCc2ccccc2)cc1. The normalized spacial score (nSPS) is 11.4. The van der Waals surface area contributed by atoms with Crippen molar-refractivity contribution in [2.75, 3.05) is 5.75 Å². The van der Waals surface area contributed by atoms with Crippen molar-refractivity contribution in [3.8, 4) is 5.75 Å². The molecule has 1 amide bonds. The maximum absolute atomic E-state index is 12.5. The quantitative estimate of drug-likeness (QED) is 0.298. The largest absolute Gasteiger partial charge is 0.378 e. The lowest BCUT2D eigenvalue weighted by atomic mass is 10.2. The summed E-state index contributed by atoms with van der Waals surface area (Å²) in [4.78, 5) is 12.0. The summed E-state index contributed by atoms with van der Waals surface area (Å²) >= 11 is 1.48. The predicted molar refractivity (Wildman–Crippen MR) is 124 cm³/mol. The van der Waals surface area contributed by atoms with Gasteiger partial charge in [-0.1, -0.05) is 60.2 Å². The summed E-state index contributed by atoms with van der Waals surface area (Å²) in [5.74, 6) is 0.861. The standard InChI is InChI=1S/C23H22N2O4S2/c1-18-11-13-21(14-12-18)31(27,28)29-22-10-6-5-9-20(22)15-24-25-23(26)17-30-16-19-7-3-2-4-8-19/h2-15H,16-17H2,1H3,(H,25,26)/b24-15+. The van der Waals surface area contributed by atoms with Crippen molar-refractivity contribution >= 4 is 34.0 Å². The van der Waals surface area contributed by atoms with Crippen LogP contribution in [0.15, 0.2) is 88.9 Å². The van der Waals surface area contributed by atoms with Gasteiger partial charge in [0.05, 0.1) is 12.0 Å². The van der Waals surface area contributed by atoms with Gasteiger partial charge in [0.15, 0.2) is 5.75 Å². The fourth-order valence-corrected chi connectivity index (χ4v) is 4.31. The highest BCUT2D eigenvalue weighted by molar-refractivity contribution is 7.99. The van der Waals surface area contributed by atoms with Crippen molar-refractivity contribution in [1.82, 2.24) is 5.43 Å². The summed E-state index contributed by atoms with van der Waals surface area (Å²) in [6.45, 7) is 1.87. The van der Waals surface area contributed by atoms with E-state index in [4.69, 9.17) is 4.18 Å². The van der Waals surface area contributed by atoms with Crippen LogP contribution < -0.4 is 9.61 Å². The van der Waals surface area contributed by atoms with E-state index in [9.17, 15) is 13.2 Å². The molecule has 0 aliphatic rings. The third-order valence-electron chi connectivity index (χ3n) is 4.17. The molecular formula is C23H22N2O4S2. The van der Waals surface area contributed by atoms with Crippen molar-refractivity contribution in [1.29, 1.82) is 0 Å². The number of aryl methyl sites for hydroxylation is 1. The van der Waals surface area contributed by atoms with Gasteiger partial charge in [-0.3, -0.25) is 4.79 Å². The van der Waals surface area contributed by atoms with E-state index in [1.54, 1.807) is 30.3 Å². The van der Waals surface area contributed by atoms with Crippen molar-refractivity contribution in [3.63, 3.8) is 0 Å². The lowest BCUT2D eigenvalue weighted by Gasteiger charge is -2.09. The van der Waals surface area contributed by atoms with Gasteiger partial charge in [-0.15, -0.1) is 11.8 Å². The first kappa shape index (κ1) is 22.6. The summed E-state index contributed by atoms with van der Waals surface area (Å²) in [7, 11) is -3.98. The first-order chi connectivity index (χ1) is 14.9. The van der Waals surface area contributed by atoms with E-state index >= 15 is 0 Å². The number of nitrogens with one attached hydrogen (secondary N) is 1. The van der Waals surface area contributed by atoms with Crippen molar-refractivity contribution in [2.24, 2.45) is 5.10 Å². The van der Waals surface area contributed by atoms with E-state index < -0.39 is 10.1 Å². The molecule has 0 aliphatic heterocycles. The Kier molecular flexibility index (Phi) is 7.86. The molecule has 0 aliphatic carbocycles. The highest BCUT2D eigenvalue weighted by atomic mass is 32.2. The van der Waals surface area contributed by atoms with Gasteiger partial charge in [0.1, 0.15) is 4.90 Å². The molecule has 0 saturated carbocycles. The highest BCUT2D eigenvalue weighted by Gasteiger charge is 2.17. The molecule has 160 valence electrons. The van der Waals surface area contributed by atoms with Crippen molar-refractivity contribution < 1.29 is 17.4 Å². The van der Waals surface area contributed by atoms with Crippen LogP contribution >= 0.6 is 11.8 Å². The van der Waals surface area contributed by atoms with Crippen LogP contribution in [0.1, 0.15) is 16.7 Å². The molecule has 0 spiro atoms. The molecule has 0 unspecified atom stereocenters. The zero-order valence-corrected chi connectivity index (χ0v) is 18.5. The number of carbonyl (C=O) groups excluding carboxylic acids is 1. The number of para-hydroxylation sites is 1. The molecule has 0 bridgehead atoms. The Morgan fingerprint density at radius 2 is 1.68 bits per heavy atom. The number of rotatable bonds is 9. The molecule has 0 heterocycles. The molecule has 0 atom stereocenters. The van der Waals surface area contributed by atoms with E-state index in [-0.39, 0.29) is 22.3 Å². The van der Waals surface area contributed by atoms with Crippen LogP contribution in [0.4, 0.5) is 0 Å². The Labute approximate surface area is 186 Å². The Balaban J connectivity index is 1.57. The predicted octanol–water partition coefficient (Wildman–Crippen LogP) is 4.15. The monoisotopic (exact) mass is 454 g/mol. The minimum Gasteiger partial charge on any atom is -0.378 e. The van der Waals surface area contributed by atoms with Crippen LogP contribution in [-0.4, -0.2) is 26.3 Å².